The molecule has 1 aromatic rings. The van der Waals surface area contributed by atoms with Crippen LogP contribution in [0.1, 0.15) is 12.8 Å². The third-order valence-corrected chi connectivity index (χ3v) is 4.44. The summed E-state index contributed by atoms with van der Waals surface area (Å²) in [6, 6.07) is 9.86. The normalized spacial score (nSPS) is 17.2. The van der Waals surface area contributed by atoms with E-state index in [0.717, 1.165) is 44.3 Å². The monoisotopic (exact) mass is 489 g/mol. The number of likely N-dealkylation sites (N-methyl/N-ethyl adjacent to an activating group) is 1. The van der Waals surface area contributed by atoms with E-state index in [9.17, 15) is 4.79 Å². The van der Waals surface area contributed by atoms with E-state index in [4.69, 9.17) is 4.74 Å². The lowest BCUT2D eigenvalue weighted by molar-refractivity contribution is -0.117. The lowest BCUT2D eigenvalue weighted by atomic mass is 10.2. The molecular weight excluding hydrogens is 457 g/mol. The molecule has 1 heterocycles. The third kappa shape index (κ3) is 8.02. The average molecular weight is 489 g/mol. The second kappa shape index (κ2) is 12.9. The van der Waals surface area contributed by atoms with Crippen LogP contribution in [0.2, 0.25) is 0 Å². The highest BCUT2D eigenvalue weighted by Gasteiger charge is 2.30. The zero-order valence-corrected chi connectivity index (χ0v) is 18.8. The zero-order chi connectivity index (χ0) is 18.8. The molecule has 1 aliphatic rings. The predicted octanol–water partition coefficient (Wildman–Crippen LogP) is 1.54. The lowest BCUT2D eigenvalue weighted by Gasteiger charge is -2.20. The first-order valence-electron chi connectivity index (χ1n) is 9.14. The van der Waals surface area contributed by atoms with Crippen molar-refractivity contribution < 1.29 is 9.53 Å². The maximum Gasteiger partial charge on any atom is 0.229 e. The summed E-state index contributed by atoms with van der Waals surface area (Å²) < 4.78 is 5.08. The van der Waals surface area contributed by atoms with Gasteiger partial charge in [0.05, 0.1) is 12.6 Å². The van der Waals surface area contributed by atoms with Gasteiger partial charge in [-0.05, 0) is 32.1 Å². The SMILES string of the molecule is CN=C(NCCCN(C)CCOC)NC1CC(=O)N(c2ccccc2)C1.I. The maximum atomic E-state index is 12.3. The molecule has 0 saturated carbocycles. The molecule has 1 amide bonds. The first kappa shape index (κ1) is 23.6. The fraction of sp³-hybridized carbons (Fsp3) is 0.579. The van der Waals surface area contributed by atoms with Gasteiger partial charge in [0.15, 0.2) is 5.96 Å². The largest absolute Gasteiger partial charge is 0.383 e. The molecule has 1 fully saturated rings. The molecule has 2 rings (SSSR count). The summed E-state index contributed by atoms with van der Waals surface area (Å²) in [6.07, 6.45) is 1.50. The van der Waals surface area contributed by atoms with Gasteiger partial charge in [0, 0.05) is 45.9 Å². The first-order chi connectivity index (χ1) is 12.6. The molecule has 0 aliphatic carbocycles. The number of halogens is 1. The molecule has 0 radical (unpaired) electrons. The summed E-state index contributed by atoms with van der Waals surface area (Å²) >= 11 is 0. The number of guanidine groups is 1. The minimum Gasteiger partial charge on any atom is -0.383 e. The Morgan fingerprint density at radius 2 is 2.07 bits per heavy atom. The number of ether oxygens (including phenoxy) is 1. The van der Waals surface area contributed by atoms with Crippen LogP contribution in [-0.4, -0.2) is 76.8 Å². The molecule has 1 aromatic carbocycles. The van der Waals surface area contributed by atoms with Crippen LogP contribution < -0.4 is 15.5 Å². The Morgan fingerprint density at radius 3 is 2.74 bits per heavy atom. The number of benzene rings is 1. The molecule has 1 unspecified atom stereocenters. The Hall–Kier alpha value is -1.39. The van der Waals surface area contributed by atoms with Crippen molar-refractivity contribution >= 4 is 41.5 Å². The highest BCUT2D eigenvalue weighted by atomic mass is 127. The zero-order valence-electron chi connectivity index (χ0n) is 16.5. The van der Waals surface area contributed by atoms with Gasteiger partial charge < -0.3 is 25.2 Å². The van der Waals surface area contributed by atoms with Crippen LogP contribution in [0.4, 0.5) is 5.69 Å². The molecule has 27 heavy (non-hydrogen) atoms. The Morgan fingerprint density at radius 1 is 1.33 bits per heavy atom. The number of rotatable bonds is 9. The summed E-state index contributed by atoms with van der Waals surface area (Å²) in [5, 5.41) is 6.69. The molecular formula is C19H32IN5O2. The van der Waals surface area contributed by atoms with Crippen molar-refractivity contribution in [2.24, 2.45) is 4.99 Å². The van der Waals surface area contributed by atoms with Crippen molar-refractivity contribution in [3.8, 4) is 0 Å². The molecule has 152 valence electrons. The van der Waals surface area contributed by atoms with Gasteiger partial charge in [-0.15, -0.1) is 24.0 Å². The molecule has 7 nitrogen and oxygen atoms in total. The van der Waals surface area contributed by atoms with Gasteiger partial charge in [0.1, 0.15) is 0 Å². The highest BCUT2D eigenvalue weighted by Crippen LogP contribution is 2.20. The molecule has 2 N–H and O–H groups in total. The van der Waals surface area contributed by atoms with Crippen LogP contribution in [0.5, 0.6) is 0 Å². The van der Waals surface area contributed by atoms with E-state index in [1.807, 2.05) is 35.2 Å². The number of anilines is 1. The Balaban J connectivity index is 0.00000364. The second-order valence-electron chi connectivity index (χ2n) is 6.53. The van der Waals surface area contributed by atoms with Gasteiger partial charge in [-0.1, -0.05) is 18.2 Å². The molecule has 0 spiro atoms. The van der Waals surface area contributed by atoms with Crippen LogP contribution in [-0.2, 0) is 9.53 Å². The fourth-order valence-electron chi connectivity index (χ4n) is 2.96. The van der Waals surface area contributed by atoms with E-state index in [1.54, 1.807) is 14.2 Å². The molecule has 0 aromatic heterocycles. The Kier molecular flexibility index (Phi) is 11.3. The van der Waals surface area contributed by atoms with Crippen molar-refractivity contribution in [2.45, 2.75) is 18.9 Å². The van der Waals surface area contributed by atoms with Crippen LogP contribution in [0, 0.1) is 0 Å². The molecule has 1 saturated heterocycles. The smallest absolute Gasteiger partial charge is 0.229 e. The minimum atomic E-state index is 0. The number of hydrogen-bond donors (Lipinski definition) is 2. The van der Waals surface area contributed by atoms with Crippen molar-refractivity contribution in [3.63, 3.8) is 0 Å². The maximum absolute atomic E-state index is 12.3. The summed E-state index contributed by atoms with van der Waals surface area (Å²) in [5.41, 5.74) is 0.948. The van der Waals surface area contributed by atoms with Crippen LogP contribution in [0.15, 0.2) is 35.3 Å². The summed E-state index contributed by atoms with van der Waals surface area (Å²) in [4.78, 5) is 20.6. The van der Waals surface area contributed by atoms with Crippen molar-refractivity contribution in [2.75, 3.05) is 58.9 Å². The second-order valence-corrected chi connectivity index (χ2v) is 6.53. The minimum absolute atomic E-state index is 0. The number of amides is 1. The number of aliphatic imine (C=N–C) groups is 1. The van der Waals surface area contributed by atoms with Gasteiger partial charge in [-0.3, -0.25) is 9.79 Å². The quantitative estimate of drug-likeness (QED) is 0.239. The van der Waals surface area contributed by atoms with E-state index in [0.29, 0.717) is 13.0 Å². The van der Waals surface area contributed by atoms with Gasteiger partial charge in [0.25, 0.3) is 0 Å². The lowest BCUT2D eigenvalue weighted by Crippen LogP contribution is -2.45. The number of hydrogen-bond acceptors (Lipinski definition) is 4. The summed E-state index contributed by atoms with van der Waals surface area (Å²) in [7, 11) is 5.57. The van der Waals surface area contributed by atoms with Gasteiger partial charge >= 0.3 is 0 Å². The van der Waals surface area contributed by atoms with Gasteiger partial charge in [-0.25, -0.2) is 0 Å². The highest BCUT2D eigenvalue weighted by molar-refractivity contribution is 14.0. The average Bonchev–Trinajstić information content (AvgIpc) is 3.03. The van der Waals surface area contributed by atoms with E-state index in [2.05, 4.69) is 27.6 Å². The molecule has 8 heteroatoms. The number of nitrogens with one attached hydrogen (secondary N) is 2. The van der Waals surface area contributed by atoms with Crippen LogP contribution in [0.25, 0.3) is 0 Å². The molecule has 1 atom stereocenters. The standard InChI is InChI=1S/C19H31N5O2.HI/c1-20-19(21-10-7-11-23(2)12-13-26-3)22-16-14-18(25)24(15-16)17-8-5-4-6-9-17;/h4-6,8-9,16H,7,10-15H2,1-3H3,(H2,20,21,22);1H. The number of para-hydroxylation sites is 1. The van der Waals surface area contributed by atoms with Gasteiger partial charge in [0.2, 0.25) is 5.91 Å². The van der Waals surface area contributed by atoms with E-state index >= 15 is 0 Å². The number of nitrogens with zero attached hydrogens (tertiary/aromatic N) is 3. The van der Waals surface area contributed by atoms with E-state index in [-0.39, 0.29) is 35.9 Å². The van der Waals surface area contributed by atoms with Crippen molar-refractivity contribution in [1.29, 1.82) is 0 Å². The topological polar surface area (TPSA) is 69.2 Å². The summed E-state index contributed by atoms with van der Waals surface area (Å²) in [5.74, 6) is 0.890. The van der Waals surface area contributed by atoms with Crippen molar-refractivity contribution in [1.82, 2.24) is 15.5 Å². The fourth-order valence-corrected chi connectivity index (χ4v) is 2.96. The Labute approximate surface area is 179 Å². The molecule has 0 bridgehead atoms. The Bertz CT molecular complexity index is 585. The van der Waals surface area contributed by atoms with Crippen LogP contribution in [0.3, 0.4) is 0 Å². The summed E-state index contributed by atoms with van der Waals surface area (Å²) in [6.45, 7) is 4.17. The number of carbonyl (C=O) groups is 1. The number of carbonyl (C=O) groups excluding carboxylic acids is 1. The van der Waals surface area contributed by atoms with E-state index in [1.165, 1.54) is 0 Å². The number of methoxy groups -OCH3 is 1. The van der Waals surface area contributed by atoms with Gasteiger partial charge in [-0.2, -0.15) is 0 Å². The van der Waals surface area contributed by atoms with Crippen LogP contribution >= 0.6 is 24.0 Å². The van der Waals surface area contributed by atoms with E-state index < -0.39 is 0 Å². The predicted molar refractivity (Wildman–Crippen MR) is 121 cm³/mol. The first-order valence-corrected chi connectivity index (χ1v) is 9.14. The van der Waals surface area contributed by atoms with Crippen molar-refractivity contribution in [3.05, 3.63) is 30.3 Å². The third-order valence-electron chi connectivity index (χ3n) is 4.44. The molecule has 1 aliphatic heterocycles.